The Morgan fingerprint density at radius 1 is 0.885 bits per heavy atom. The number of aromatic nitrogens is 2. The Morgan fingerprint density at radius 3 is 2.19 bits per heavy atom. The molecule has 26 heavy (non-hydrogen) atoms. The molecule has 0 aliphatic carbocycles. The lowest BCUT2D eigenvalue weighted by atomic mass is 10.1. The van der Waals surface area contributed by atoms with Crippen LogP contribution in [-0.2, 0) is 6.61 Å². The predicted molar refractivity (Wildman–Crippen MR) is 96.5 cm³/mol. The van der Waals surface area contributed by atoms with Gasteiger partial charge in [-0.1, -0.05) is 12.1 Å². The van der Waals surface area contributed by atoms with E-state index >= 15 is 0 Å². The van der Waals surface area contributed by atoms with Crippen LogP contribution in [0.5, 0.6) is 5.75 Å². The summed E-state index contributed by atoms with van der Waals surface area (Å²) >= 11 is 0. The van der Waals surface area contributed by atoms with E-state index in [2.05, 4.69) is 16.0 Å². The molecule has 0 aliphatic rings. The van der Waals surface area contributed by atoms with E-state index in [1.807, 2.05) is 18.2 Å². The van der Waals surface area contributed by atoms with Crippen molar-refractivity contribution in [2.24, 2.45) is 0 Å². The molecule has 0 bridgehead atoms. The predicted octanol–water partition coefficient (Wildman–Crippen LogP) is 2.63. The Hall–Kier alpha value is -4.10. The maximum absolute atomic E-state index is 9.26. The van der Waals surface area contributed by atoms with Gasteiger partial charge >= 0.3 is 0 Å². The number of rotatable bonds is 4. The molecule has 0 aliphatic heterocycles. The Bertz CT molecular complexity index is 1010. The van der Waals surface area contributed by atoms with Crippen LogP contribution in [0.25, 0.3) is 11.3 Å². The molecule has 7 nitrogen and oxygen atoms in total. The zero-order valence-electron chi connectivity index (χ0n) is 13.7. The first-order valence-corrected chi connectivity index (χ1v) is 7.66. The van der Waals surface area contributed by atoms with Crippen molar-refractivity contribution in [3.8, 4) is 29.1 Å². The van der Waals surface area contributed by atoms with Gasteiger partial charge in [0.1, 0.15) is 29.8 Å². The van der Waals surface area contributed by atoms with Crippen LogP contribution < -0.4 is 16.2 Å². The van der Waals surface area contributed by atoms with Crippen molar-refractivity contribution in [1.29, 1.82) is 10.5 Å². The van der Waals surface area contributed by atoms with Gasteiger partial charge in [0.15, 0.2) is 0 Å². The van der Waals surface area contributed by atoms with E-state index in [1.54, 1.807) is 36.4 Å². The van der Waals surface area contributed by atoms with Crippen LogP contribution in [0.1, 0.15) is 16.7 Å². The lowest BCUT2D eigenvalue weighted by Gasteiger charge is -2.09. The van der Waals surface area contributed by atoms with E-state index in [1.165, 1.54) is 0 Å². The molecule has 3 aromatic rings. The number of nitrogens with zero attached hydrogens (tertiary/aromatic N) is 4. The molecule has 0 radical (unpaired) electrons. The van der Waals surface area contributed by atoms with Gasteiger partial charge in [-0.15, -0.1) is 0 Å². The monoisotopic (exact) mass is 342 g/mol. The highest BCUT2D eigenvalue weighted by Gasteiger charge is 2.13. The standard InChI is InChI=1S/C19H14N6O/c20-9-12-1-3-13(4-2-12)11-26-15-7-5-14(6-8-15)17-16(10-21)18(22)25-19(23)24-17/h1-8H,11H2,(H4,22,23,24,25). The SMILES string of the molecule is N#Cc1ccc(COc2ccc(-c3nc(N)nc(N)c3C#N)cc2)cc1. The first-order valence-electron chi connectivity index (χ1n) is 7.66. The number of hydrogen-bond donors (Lipinski definition) is 2. The molecule has 0 saturated heterocycles. The van der Waals surface area contributed by atoms with E-state index in [-0.39, 0.29) is 17.3 Å². The summed E-state index contributed by atoms with van der Waals surface area (Å²) in [6.07, 6.45) is 0. The molecule has 4 N–H and O–H groups in total. The third-order valence-electron chi connectivity index (χ3n) is 3.68. The number of benzene rings is 2. The highest BCUT2D eigenvalue weighted by molar-refractivity contribution is 5.73. The summed E-state index contributed by atoms with van der Waals surface area (Å²) in [6.45, 7) is 0.377. The van der Waals surface area contributed by atoms with Gasteiger partial charge in [0, 0.05) is 5.56 Å². The van der Waals surface area contributed by atoms with Crippen molar-refractivity contribution in [3.63, 3.8) is 0 Å². The summed E-state index contributed by atoms with van der Waals surface area (Å²) in [5, 5.41) is 18.1. The highest BCUT2D eigenvalue weighted by atomic mass is 16.5. The van der Waals surface area contributed by atoms with Crippen LogP contribution in [0, 0.1) is 22.7 Å². The molecule has 0 atom stereocenters. The molecule has 0 amide bonds. The van der Waals surface area contributed by atoms with Crippen LogP contribution in [0.4, 0.5) is 11.8 Å². The van der Waals surface area contributed by atoms with Crippen molar-refractivity contribution >= 4 is 11.8 Å². The second-order valence-corrected chi connectivity index (χ2v) is 5.42. The second kappa shape index (κ2) is 7.20. The van der Waals surface area contributed by atoms with E-state index in [4.69, 9.17) is 21.5 Å². The van der Waals surface area contributed by atoms with E-state index in [0.29, 0.717) is 29.2 Å². The number of hydrogen-bond acceptors (Lipinski definition) is 7. The fourth-order valence-electron chi connectivity index (χ4n) is 2.37. The summed E-state index contributed by atoms with van der Waals surface area (Å²) in [4.78, 5) is 7.91. The lowest BCUT2D eigenvalue weighted by Crippen LogP contribution is -2.05. The van der Waals surface area contributed by atoms with Crippen molar-refractivity contribution in [3.05, 3.63) is 65.2 Å². The van der Waals surface area contributed by atoms with Crippen molar-refractivity contribution in [1.82, 2.24) is 9.97 Å². The van der Waals surface area contributed by atoms with Crippen LogP contribution in [-0.4, -0.2) is 9.97 Å². The molecule has 7 heteroatoms. The molecule has 0 spiro atoms. The third-order valence-corrected chi connectivity index (χ3v) is 3.68. The van der Waals surface area contributed by atoms with E-state index in [0.717, 1.165) is 5.56 Å². The van der Waals surface area contributed by atoms with Gasteiger partial charge in [0.25, 0.3) is 0 Å². The average Bonchev–Trinajstić information content (AvgIpc) is 2.66. The molecule has 0 fully saturated rings. The van der Waals surface area contributed by atoms with E-state index < -0.39 is 0 Å². The summed E-state index contributed by atoms with van der Waals surface area (Å²) < 4.78 is 5.73. The van der Waals surface area contributed by atoms with Gasteiger partial charge in [0.2, 0.25) is 5.95 Å². The molecule has 1 heterocycles. The van der Waals surface area contributed by atoms with Crippen LogP contribution in [0.2, 0.25) is 0 Å². The molecular formula is C19H14N6O. The maximum Gasteiger partial charge on any atom is 0.222 e. The zero-order chi connectivity index (χ0) is 18.5. The molecule has 3 rings (SSSR count). The average molecular weight is 342 g/mol. The maximum atomic E-state index is 9.26. The van der Waals surface area contributed by atoms with Gasteiger partial charge in [0.05, 0.1) is 17.3 Å². The summed E-state index contributed by atoms with van der Waals surface area (Å²) in [6, 6.07) is 18.4. The third kappa shape index (κ3) is 3.53. The topological polar surface area (TPSA) is 135 Å². The summed E-state index contributed by atoms with van der Waals surface area (Å²) in [7, 11) is 0. The van der Waals surface area contributed by atoms with Crippen LogP contribution in [0.3, 0.4) is 0 Å². The Kier molecular flexibility index (Phi) is 4.64. The molecule has 2 aromatic carbocycles. The molecule has 0 unspecified atom stereocenters. The van der Waals surface area contributed by atoms with Crippen molar-refractivity contribution < 1.29 is 4.74 Å². The largest absolute Gasteiger partial charge is 0.489 e. The van der Waals surface area contributed by atoms with E-state index in [9.17, 15) is 5.26 Å². The summed E-state index contributed by atoms with van der Waals surface area (Å²) in [5.74, 6) is 0.723. The van der Waals surface area contributed by atoms with Gasteiger partial charge in [-0.25, -0.2) is 4.98 Å². The molecular weight excluding hydrogens is 328 g/mol. The fourth-order valence-corrected chi connectivity index (χ4v) is 2.37. The lowest BCUT2D eigenvalue weighted by molar-refractivity contribution is 0.306. The Labute approximate surface area is 150 Å². The van der Waals surface area contributed by atoms with Crippen LogP contribution in [0.15, 0.2) is 48.5 Å². The summed E-state index contributed by atoms with van der Waals surface area (Å²) in [5.41, 5.74) is 14.2. The van der Waals surface area contributed by atoms with Crippen molar-refractivity contribution in [2.45, 2.75) is 6.61 Å². The first kappa shape index (κ1) is 16.7. The highest BCUT2D eigenvalue weighted by Crippen LogP contribution is 2.27. The van der Waals surface area contributed by atoms with Gasteiger partial charge in [-0.3, -0.25) is 0 Å². The van der Waals surface area contributed by atoms with Gasteiger partial charge in [-0.05, 0) is 42.0 Å². The quantitative estimate of drug-likeness (QED) is 0.744. The Morgan fingerprint density at radius 2 is 1.58 bits per heavy atom. The van der Waals surface area contributed by atoms with Crippen LogP contribution >= 0.6 is 0 Å². The number of nitriles is 2. The Balaban J connectivity index is 1.77. The van der Waals surface area contributed by atoms with Gasteiger partial charge < -0.3 is 16.2 Å². The van der Waals surface area contributed by atoms with Gasteiger partial charge in [-0.2, -0.15) is 15.5 Å². The molecule has 0 saturated carbocycles. The molecule has 126 valence electrons. The number of anilines is 2. The first-order chi connectivity index (χ1) is 12.6. The minimum absolute atomic E-state index is 0.0117. The number of nitrogens with two attached hydrogens (primary N) is 2. The van der Waals surface area contributed by atoms with Crippen molar-refractivity contribution in [2.75, 3.05) is 11.5 Å². The minimum Gasteiger partial charge on any atom is -0.489 e. The smallest absolute Gasteiger partial charge is 0.222 e. The minimum atomic E-state index is 0.0117. The fraction of sp³-hybridized carbons (Fsp3) is 0.0526. The molecule has 1 aromatic heterocycles. The zero-order valence-corrected chi connectivity index (χ0v) is 13.7. The normalized spacial score (nSPS) is 9.92. The second-order valence-electron chi connectivity index (χ2n) is 5.42. The number of ether oxygens (including phenoxy) is 1. The number of nitrogen functional groups attached to an aromatic ring is 2.